The molecule has 1 heterocycles. The van der Waals surface area contributed by atoms with Crippen LogP contribution in [0.25, 0.3) is 22.2 Å². The molecule has 3 aromatic rings. The van der Waals surface area contributed by atoms with Gasteiger partial charge in [-0.1, -0.05) is 24.3 Å². The summed E-state index contributed by atoms with van der Waals surface area (Å²) in [5.74, 6) is -0.649. The molecule has 1 nitrogen and oxygen atoms in total. The molecule has 0 aliphatic carbocycles. The molecule has 2 aromatic carbocycles. The SMILES string of the molecule is Fc1ccccc1-c1cc2cccc(F)c2[nH]1. The van der Waals surface area contributed by atoms with E-state index in [1.165, 1.54) is 12.1 Å². The molecule has 0 atom stereocenters. The number of hydrogen-bond acceptors (Lipinski definition) is 0. The number of hydrogen-bond donors (Lipinski definition) is 1. The van der Waals surface area contributed by atoms with Crippen LogP contribution in [-0.2, 0) is 0 Å². The summed E-state index contributed by atoms with van der Waals surface area (Å²) in [6.45, 7) is 0. The Labute approximate surface area is 96.7 Å². The van der Waals surface area contributed by atoms with Crippen molar-refractivity contribution in [3.8, 4) is 11.3 Å². The Morgan fingerprint density at radius 2 is 1.59 bits per heavy atom. The van der Waals surface area contributed by atoms with Crippen LogP contribution in [0.3, 0.4) is 0 Å². The Bertz CT molecular complexity index is 686. The number of para-hydroxylation sites is 1. The minimum Gasteiger partial charge on any atom is -0.352 e. The topological polar surface area (TPSA) is 15.8 Å². The number of H-pyrrole nitrogens is 1. The lowest BCUT2D eigenvalue weighted by molar-refractivity contribution is 0.630. The summed E-state index contributed by atoms with van der Waals surface area (Å²) in [6.07, 6.45) is 0. The third kappa shape index (κ3) is 1.60. The lowest BCUT2D eigenvalue weighted by Crippen LogP contribution is -1.83. The maximum atomic E-state index is 13.6. The third-order valence-electron chi connectivity index (χ3n) is 2.77. The van der Waals surface area contributed by atoms with Crippen molar-refractivity contribution < 1.29 is 8.78 Å². The quantitative estimate of drug-likeness (QED) is 0.646. The summed E-state index contributed by atoms with van der Waals surface area (Å²) >= 11 is 0. The van der Waals surface area contributed by atoms with Gasteiger partial charge in [-0.05, 0) is 24.3 Å². The fourth-order valence-electron chi connectivity index (χ4n) is 1.94. The first-order chi connectivity index (χ1) is 8.25. The number of nitrogens with one attached hydrogen (secondary N) is 1. The van der Waals surface area contributed by atoms with E-state index in [0.29, 0.717) is 16.8 Å². The second-order valence-electron chi connectivity index (χ2n) is 3.87. The van der Waals surface area contributed by atoms with Crippen LogP contribution in [0.1, 0.15) is 0 Å². The predicted molar refractivity (Wildman–Crippen MR) is 63.7 cm³/mol. The molecule has 3 heteroatoms. The molecule has 0 saturated carbocycles. The minimum absolute atomic E-state index is 0.320. The molecule has 1 aromatic heterocycles. The highest BCUT2D eigenvalue weighted by molar-refractivity contribution is 5.86. The summed E-state index contributed by atoms with van der Waals surface area (Å²) < 4.78 is 27.1. The number of rotatable bonds is 1. The van der Waals surface area contributed by atoms with Gasteiger partial charge in [0, 0.05) is 16.6 Å². The zero-order chi connectivity index (χ0) is 11.8. The molecule has 0 bridgehead atoms. The number of aromatic amines is 1. The van der Waals surface area contributed by atoms with Gasteiger partial charge in [-0.2, -0.15) is 0 Å². The van der Waals surface area contributed by atoms with Crippen molar-refractivity contribution in [3.63, 3.8) is 0 Å². The highest BCUT2D eigenvalue weighted by Crippen LogP contribution is 2.27. The number of fused-ring (bicyclic) bond motifs is 1. The van der Waals surface area contributed by atoms with E-state index in [4.69, 9.17) is 0 Å². The molecule has 0 spiro atoms. The second kappa shape index (κ2) is 3.70. The van der Waals surface area contributed by atoms with Crippen molar-refractivity contribution in [2.24, 2.45) is 0 Å². The van der Waals surface area contributed by atoms with Crippen LogP contribution in [0.4, 0.5) is 8.78 Å². The fraction of sp³-hybridized carbons (Fsp3) is 0. The molecule has 84 valence electrons. The normalized spacial score (nSPS) is 10.9. The summed E-state index contributed by atoms with van der Waals surface area (Å²) in [6, 6.07) is 13.0. The Morgan fingerprint density at radius 3 is 2.35 bits per heavy atom. The van der Waals surface area contributed by atoms with Crippen LogP contribution in [-0.4, -0.2) is 4.98 Å². The molecule has 0 aliphatic heterocycles. The van der Waals surface area contributed by atoms with Gasteiger partial charge < -0.3 is 4.98 Å². The fourth-order valence-corrected chi connectivity index (χ4v) is 1.94. The van der Waals surface area contributed by atoms with Crippen molar-refractivity contribution in [3.05, 3.63) is 60.2 Å². The van der Waals surface area contributed by atoms with Crippen LogP contribution in [0.5, 0.6) is 0 Å². The highest BCUT2D eigenvalue weighted by Gasteiger charge is 2.09. The maximum absolute atomic E-state index is 13.6. The van der Waals surface area contributed by atoms with Crippen LogP contribution in [0.2, 0.25) is 0 Å². The molecular formula is C14H9F2N. The Hall–Kier alpha value is -2.16. The van der Waals surface area contributed by atoms with E-state index in [0.717, 1.165) is 5.39 Å². The van der Waals surface area contributed by atoms with Crippen LogP contribution < -0.4 is 0 Å². The molecule has 0 aliphatic rings. The minimum atomic E-state index is -0.329. The Balaban J connectivity index is 2.26. The van der Waals surface area contributed by atoms with Crippen molar-refractivity contribution >= 4 is 10.9 Å². The molecule has 0 radical (unpaired) electrons. The van der Waals surface area contributed by atoms with Gasteiger partial charge in [-0.25, -0.2) is 8.78 Å². The van der Waals surface area contributed by atoms with Crippen molar-refractivity contribution in [1.29, 1.82) is 0 Å². The lowest BCUT2D eigenvalue weighted by Gasteiger charge is -1.98. The highest BCUT2D eigenvalue weighted by atomic mass is 19.1. The monoisotopic (exact) mass is 229 g/mol. The van der Waals surface area contributed by atoms with Gasteiger partial charge in [-0.3, -0.25) is 0 Å². The number of halogens is 2. The first-order valence-electron chi connectivity index (χ1n) is 5.28. The van der Waals surface area contributed by atoms with E-state index >= 15 is 0 Å². The molecule has 0 saturated heterocycles. The second-order valence-corrected chi connectivity index (χ2v) is 3.87. The Kier molecular flexibility index (Phi) is 2.18. The third-order valence-corrected chi connectivity index (χ3v) is 2.77. The average Bonchev–Trinajstić information content (AvgIpc) is 2.75. The standard InChI is InChI=1S/C14H9F2N/c15-11-6-2-1-5-10(11)13-8-9-4-3-7-12(16)14(9)17-13/h1-8,17H. The molecule has 0 unspecified atom stereocenters. The summed E-state index contributed by atoms with van der Waals surface area (Å²) in [5.41, 5.74) is 1.44. The first-order valence-corrected chi connectivity index (χ1v) is 5.28. The summed E-state index contributed by atoms with van der Waals surface area (Å²) in [5, 5.41) is 0.739. The predicted octanol–water partition coefficient (Wildman–Crippen LogP) is 4.11. The van der Waals surface area contributed by atoms with Crippen molar-refractivity contribution in [1.82, 2.24) is 4.98 Å². The van der Waals surface area contributed by atoms with Crippen molar-refractivity contribution in [2.45, 2.75) is 0 Å². The van der Waals surface area contributed by atoms with Gasteiger partial charge in [0.25, 0.3) is 0 Å². The first kappa shape index (κ1) is 10.0. The van der Waals surface area contributed by atoms with Crippen LogP contribution >= 0.6 is 0 Å². The zero-order valence-corrected chi connectivity index (χ0v) is 8.87. The van der Waals surface area contributed by atoms with E-state index in [9.17, 15) is 8.78 Å². The number of aromatic nitrogens is 1. The molecule has 0 fully saturated rings. The lowest BCUT2D eigenvalue weighted by atomic mass is 10.1. The van der Waals surface area contributed by atoms with E-state index in [-0.39, 0.29) is 11.6 Å². The summed E-state index contributed by atoms with van der Waals surface area (Å²) in [4.78, 5) is 2.91. The van der Waals surface area contributed by atoms with E-state index in [1.54, 1.807) is 36.4 Å². The Morgan fingerprint density at radius 1 is 0.824 bits per heavy atom. The van der Waals surface area contributed by atoms with Crippen molar-refractivity contribution in [2.75, 3.05) is 0 Å². The maximum Gasteiger partial charge on any atom is 0.147 e. The van der Waals surface area contributed by atoms with Gasteiger partial charge in [0.2, 0.25) is 0 Å². The van der Waals surface area contributed by atoms with Crippen LogP contribution in [0.15, 0.2) is 48.5 Å². The van der Waals surface area contributed by atoms with Gasteiger partial charge in [-0.15, -0.1) is 0 Å². The van der Waals surface area contributed by atoms with Crippen LogP contribution in [0, 0.1) is 11.6 Å². The largest absolute Gasteiger partial charge is 0.352 e. The molecule has 1 N–H and O–H groups in total. The van der Waals surface area contributed by atoms with E-state index < -0.39 is 0 Å². The van der Waals surface area contributed by atoms with E-state index in [2.05, 4.69) is 4.98 Å². The molecule has 0 amide bonds. The molecular weight excluding hydrogens is 220 g/mol. The average molecular weight is 229 g/mol. The van der Waals surface area contributed by atoms with Gasteiger partial charge in [0.1, 0.15) is 11.6 Å². The van der Waals surface area contributed by atoms with E-state index in [1.807, 2.05) is 0 Å². The van der Waals surface area contributed by atoms with Gasteiger partial charge in [0.15, 0.2) is 0 Å². The zero-order valence-electron chi connectivity index (χ0n) is 8.87. The van der Waals surface area contributed by atoms with Gasteiger partial charge in [0.05, 0.1) is 5.52 Å². The molecule has 17 heavy (non-hydrogen) atoms. The summed E-state index contributed by atoms with van der Waals surface area (Å²) in [7, 11) is 0. The molecule has 3 rings (SSSR count). The van der Waals surface area contributed by atoms with Gasteiger partial charge >= 0.3 is 0 Å². The number of benzene rings is 2. The smallest absolute Gasteiger partial charge is 0.147 e.